The van der Waals surface area contributed by atoms with Gasteiger partial charge in [0.2, 0.25) is 0 Å². The molecule has 0 saturated carbocycles. The molecule has 1 atom stereocenters. The maximum atomic E-state index is 13.0. The van der Waals surface area contributed by atoms with Crippen molar-refractivity contribution in [2.75, 3.05) is 6.54 Å². The number of esters is 1. The van der Waals surface area contributed by atoms with Crippen molar-refractivity contribution in [1.82, 2.24) is 4.90 Å². The summed E-state index contributed by atoms with van der Waals surface area (Å²) >= 11 is 1.74. The molecule has 0 fully saturated rings. The van der Waals surface area contributed by atoms with Gasteiger partial charge in [-0.3, -0.25) is 4.79 Å². The van der Waals surface area contributed by atoms with Gasteiger partial charge in [0.15, 0.2) is 5.60 Å². The topological polar surface area (TPSA) is 46.6 Å². The van der Waals surface area contributed by atoms with E-state index in [1.807, 2.05) is 23.1 Å². The molecule has 3 heterocycles. The molecule has 23 heavy (non-hydrogen) atoms. The Balaban J connectivity index is 1.61. The number of hydrogen-bond donors (Lipinski definition) is 0. The van der Waals surface area contributed by atoms with Crippen LogP contribution in [-0.4, -0.2) is 28.9 Å². The van der Waals surface area contributed by atoms with Crippen LogP contribution in [0.1, 0.15) is 33.3 Å². The number of ether oxygens (including phenoxy) is 1. The molecule has 4 rings (SSSR count). The van der Waals surface area contributed by atoms with Crippen LogP contribution >= 0.6 is 11.3 Å². The molecule has 0 aliphatic carbocycles. The quantitative estimate of drug-likeness (QED) is 0.757. The minimum Gasteiger partial charge on any atom is -0.445 e. The molecular formula is C18H17NO3S. The van der Waals surface area contributed by atoms with Crippen molar-refractivity contribution in [2.45, 2.75) is 31.9 Å². The van der Waals surface area contributed by atoms with Gasteiger partial charge in [-0.25, -0.2) is 4.79 Å². The number of amides is 1. The van der Waals surface area contributed by atoms with E-state index >= 15 is 0 Å². The zero-order chi connectivity index (χ0) is 16.0. The fourth-order valence-electron chi connectivity index (χ4n) is 3.41. The van der Waals surface area contributed by atoms with E-state index in [0.717, 1.165) is 12.0 Å². The maximum absolute atomic E-state index is 13.0. The van der Waals surface area contributed by atoms with Crippen molar-refractivity contribution >= 4 is 23.2 Å². The molecule has 1 amide bonds. The molecule has 0 spiro atoms. The third-order valence-electron chi connectivity index (χ3n) is 4.63. The third-order valence-corrected chi connectivity index (χ3v) is 5.65. The molecular weight excluding hydrogens is 310 g/mol. The minimum atomic E-state index is -1.11. The van der Waals surface area contributed by atoms with E-state index in [9.17, 15) is 9.59 Å². The average molecular weight is 327 g/mol. The van der Waals surface area contributed by atoms with Crippen LogP contribution < -0.4 is 0 Å². The van der Waals surface area contributed by atoms with E-state index in [2.05, 4.69) is 11.4 Å². The normalized spacial score (nSPS) is 23.0. The van der Waals surface area contributed by atoms with Crippen LogP contribution in [-0.2, 0) is 28.9 Å². The minimum absolute atomic E-state index is 0.0998. The summed E-state index contributed by atoms with van der Waals surface area (Å²) in [6.45, 7) is 3.01. The summed E-state index contributed by atoms with van der Waals surface area (Å²) in [4.78, 5) is 28.4. The highest BCUT2D eigenvalue weighted by Crippen LogP contribution is 2.32. The predicted octanol–water partition coefficient (Wildman–Crippen LogP) is 2.80. The van der Waals surface area contributed by atoms with Crippen LogP contribution in [0.4, 0.5) is 0 Å². The molecule has 1 aromatic heterocycles. The molecule has 0 bridgehead atoms. The predicted molar refractivity (Wildman–Crippen MR) is 87.4 cm³/mol. The van der Waals surface area contributed by atoms with E-state index in [1.54, 1.807) is 24.3 Å². The third kappa shape index (κ3) is 2.36. The van der Waals surface area contributed by atoms with Crippen molar-refractivity contribution in [3.05, 3.63) is 57.3 Å². The fourth-order valence-corrected chi connectivity index (χ4v) is 4.30. The number of benzene rings is 1. The van der Waals surface area contributed by atoms with Crippen molar-refractivity contribution in [2.24, 2.45) is 0 Å². The van der Waals surface area contributed by atoms with Crippen LogP contribution in [0.3, 0.4) is 0 Å². The summed E-state index contributed by atoms with van der Waals surface area (Å²) in [6.07, 6.45) is 1.31. The Hall–Kier alpha value is -2.14. The summed E-state index contributed by atoms with van der Waals surface area (Å²) in [5, 5.41) is 2.07. The van der Waals surface area contributed by atoms with Gasteiger partial charge in [0.25, 0.3) is 5.91 Å². The lowest BCUT2D eigenvalue weighted by atomic mass is 9.88. The molecule has 0 N–H and O–H groups in total. The molecule has 1 aromatic carbocycles. The first-order valence-corrected chi connectivity index (χ1v) is 8.61. The molecule has 118 valence electrons. The summed E-state index contributed by atoms with van der Waals surface area (Å²) in [6, 6.07) is 9.42. The Morgan fingerprint density at radius 1 is 1.26 bits per heavy atom. The molecule has 0 saturated heterocycles. The Morgan fingerprint density at radius 3 is 2.96 bits per heavy atom. The number of cyclic esters (lactones) is 1. The second-order valence-corrected chi connectivity index (χ2v) is 7.30. The Kier molecular flexibility index (Phi) is 3.27. The zero-order valence-corrected chi connectivity index (χ0v) is 13.7. The molecule has 2 aromatic rings. The Morgan fingerprint density at radius 2 is 2.09 bits per heavy atom. The van der Waals surface area contributed by atoms with Crippen LogP contribution in [0, 0.1) is 0 Å². The number of fused-ring (bicyclic) bond motifs is 2. The van der Waals surface area contributed by atoms with Crippen LogP contribution in [0.25, 0.3) is 0 Å². The number of rotatable bonds is 1. The highest BCUT2D eigenvalue weighted by atomic mass is 32.1. The SMILES string of the molecule is CC1(C(=O)N2CCc3sccc3C2)Cc2ccccc2C(=O)O1. The van der Waals surface area contributed by atoms with E-state index in [0.29, 0.717) is 25.1 Å². The summed E-state index contributed by atoms with van der Waals surface area (Å²) < 4.78 is 5.56. The molecule has 4 nitrogen and oxygen atoms in total. The number of thiophene rings is 1. The van der Waals surface area contributed by atoms with E-state index in [-0.39, 0.29) is 5.91 Å². The van der Waals surface area contributed by atoms with E-state index < -0.39 is 11.6 Å². The molecule has 1 unspecified atom stereocenters. The van der Waals surface area contributed by atoms with Gasteiger partial charge in [-0.05, 0) is 42.0 Å². The van der Waals surface area contributed by atoms with Gasteiger partial charge >= 0.3 is 5.97 Å². The van der Waals surface area contributed by atoms with Gasteiger partial charge in [-0.1, -0.05) is 18.2 Å². The van der Waals surface area contributed by atoms with Crippen molar-refractivity contribution in [1.29, 1.82) is 0 Å². The molecule has 2 aliphatic rings. The van der Waals surface area contributed by atoms with Gasteiger partial charge in [0.05, 0.1) is 5.56 Å². The van der Waals surface area contributed by atoms with Gasteiger partial charge in [0.1, 0.15) is 0 Å². The van der Waals surface area contributed by atoms with E-state index in [4.69, 9.17) is 4.74 Å². The van der Waals surface area contributed by atoms with Crippen LogP contribution in [0.5, 0.6) is 0 Å². The summed E-state index contributed by atoms with van der Waals surface area (Å²) in [5.74, 6) is -0.506. The lowest BCUT2D eigenvalue weighted by Gasteiger charge is -2.38. The number of hydrogen-bond acceptors (Lipinski definition) is 4. The first kappa shape index (κ1) is 14.5. The van der Waals surface area contributed by atoms with Crippen LogP contribution in [0.15, 0.2) is 35.7 Å². The molecule has 2 aliphatic heterocycles. The summed E-state index contributed by atoms with van der Waals surface area (Å²) in [7, 11) is 0. The smallest absolute Gasteiger partial charge is 0.339 e. The average Bonchev–Trinajstić information content (AvgIpc) is 3.01. The molecule has 5 heteroatoms. The fraction of sp³-hybridized carbons (Fsp3) is 0.333. The lowest BCUT2D eigenvalue weighted by molar-refractivity contribution is -0.152. The van der Waals surface area contributed by atoms with Crippen LogP contribution in [0.2, 0.25) is 0 Å². The largest absolute Gasteiger partial charge is 0.445 e. The first-order valence-electron chi connectivity index (χ1n) is 7.73. The molecule has 0 radical (unpaired) electrons. The lowest BCUT2D eigenvalue weighted by Crippen LogP contribution is -2.54. The van der Waals surface area contributed by atoms with Crippen molar-refractivity contribution in [3.63, 3.8) is 0 Å². The van der Waals surface area contributed by atoms with Crippen molar-refractivity contribution < 1.29 is 14.3 Å². The maximum Gasteiger partial charge on any atom is 0.339 e. The van der Waals surface area contributed by atoms with Gasteiger partial charge in [-0.2, -0.15) is 0 Å². The Labute approximate surface area is 138 Å². The first-order chi connectivity index (χ1) is 11.1. The van der Waals surface area contributed by atoms with Crippen molar-refractivity contribution in [3.8, 4) is 0 Å². The highest BCUT2D eigenvalue weighted by molar-refractivity contribution is 7.10. The number of carbonyl (C=O) groups is 2. The summed E-state index contributed by atoms with van der Waals surface area (Å²) in [5.41, 5.74) is 1.55. The van der Waals surface area contributed by atoms with Gasteiger partial charge in [-0.15, -0.1) is 11.3 Å². The standard InChI is InChI=1S/C18H17NO3S/c1-18(10-12-4-2-3-5-14(12)16(20)22-18)17(21)19-8-6-15-13(11-19)7-9-23-15/h2-5,7,9H,6,8,10-11H2,1H3. The van der Waals surface area contributed by atoms with Gasteiger partial charge < -0.3 is 9.64 Å². The monoisotopic (exact) mass is 327 g/mol. The second-order valence-electron chi connectivity index (χ2n) is 6.30. The Bertz CT molecular complexity index is 797. The van der Waals surface area contributed by atoms with Gasteiger partial charge in [0, 0.05) is 24.4 Å². The number of carbonyl (C=O) groups excluding carboxylic acids is 2. The second kappa shape index (κ2) is 5.20. The number of nitrogens with zero attached hydrogens (tertiary/aromatic N) is 1. The highest BCUT2D eigenvalue weighted by Gasteiger charge is 2.45. The zero-order valence-electron chi connectivity index (χ0n) is 12.9. The van der Waals surface area contributed by atoms with E-state index in [1.165, 1.54) is 10.4 Å².